The highest BCUT2D eigenvalue weighted by Crippen LogP contribution is 2.38. The van der Waals surface area contributed by atoms with Crippen molar-refractivity contribution in [2.24, 2.45) is 4.99 Å². The van der Waals surface area contributed by atoms with E-state index in [1.807, 2.05) is 60.7 Å². The Hall–Kier alpha value is -4.21. The van der Waals surface area contributed by atoms with Crippen LogP contribution in [0.2, 0.25) is 0 Å². The number of para-hydroxylation sites is 1. The second-order valence-corrected chi connectivity index (χ2v) is 11.8. The summed E-state index contributed by atoms with van der Waals surface area (Å²) >= 11 is 1.32. The van der Waals surface area contributed by atoms with E-state index in [0.29, 0.717) is 31.9 Å². The molecule has 0 amide bonds. The van der Waals surface area contributed by atoms with Crippen LogP contribution in [0.25, 0.3) is 11.8 Å². The first-order valence-electron chi connectivity index (χ1n) is 14.6. The van der Waals surface area contributed by atoms with Gasteiger partial charge in [0.25, 0.3) is 5.56 Å². The van der Waals surface area contributed by atoms with Crippen molar-refractivity contribution in [3.63, 3.8) is 0 Å². The normalized spacial score (nSPS) is 18.5. The van der Waals surface area contributed by atoms with Crippen molar-refractivity contribution in [1.82, 2.24) is 9.13 Å². The quantitative estimate of drug-likeness (QED) is 0.279. The lowest BCUT2D eigenvalue weighted by atomic mass is 9.92. The van der Waals surface area contributed by atoms with Gasteiger partial charge in [0.2, 0.25) is 0 Å². The smallest absolute Gasteiger partial charge is 0.338 e. The molecule has 0 saturated carbocycles. The number of hydrogen-bond acceptors (Lipinski definition) is 7. The van der Waals surface area contributed by atoms with Crippen LogP contribution in [0.15, 0.2) is 76.0 Å². The topological polar surface area (TPSA) is 84.0 Å². The number of benzene rings is 2. The molecule has 9 heteroatoms. The SMILES string of the molecule is CCOC(=O)C1=C(c2ccccc2)N=c2s/c(=C\c3cc(C)n(C[C@@H]4CCCO4)c3C)c(=O)n2[C@@H]1c1ccccc1OC. The highest BCUT2D eigenvalue weighted by atomic mass is 32.1. The van der Waals surface area contributed by atoms with E-state index in [1.54, 1.807) is 18.6 Å². The highest BCUT2D eigenvalue weighted by Gasteiger charge is 2.36. The van der Waals surface area contributed by atoms with Gasteiger partial charge in [-0.05, 0) is 57.4 Å². The van der Waals surface area contributed by atoms with Gasteiger partial charge in [-0.1, -0.05) is 59.9 Å². The Morgan fingerprint density at radius 1 is 1.14 bits per heavy atom. The lowest BCUT2D eigenvalue weighted by Crippen LogP contribution is -2.40. The summed E-state index contributed by atoms with van der Waals surface area (Å²) in [4.78, 5) is 33.4. The molecular weight excluding hydrogens is 562 g/mol. The van der Waals surface area contributed by atoms with Gasteiger partial charge in [0.05, 0.1) is 35.6 Å². The number of carbonyl (C=O) groups excluding carboxylic acids is 1. The number of rotatable bonds is 8. The molecule has 0 bridgehead atoms. The van der Waals surface area contributed by atoms with Gasteiger partial charge in [0.15, 0.2) is 4.80 Å². The summed E-state index contributed by atoms with van der Waals surface area (Å²) < 4.78 is 21.6. The average molecular weight is 598 g/mol. The predicted molar refractivity (Wildman–Crippen MR) is 167 cm³/mol. The maximum Gasteiger partial charge on any atom is 0.338 e. The molecule has 1 fully saturated rings. The van der Waals surface area contributed by atoms with Crippen LogP contribution >= 0.6 is 11.3 Å². The van der Waals surface area contributed by atoms with Gasteiger partial charge in [-0.3, -0.25) is 9.36 Å². The van der Waals surface area contributed by atoms with E-state index < -0.39 is 12.0 Å². The summed E-state index contributed by atoms with van der Waals surface area (Å²) in [6.45, 7) is 7.72. The number of nitrogens with zero attached hydrogens (tertiary/aromatic N) is 3. The van der Waals surface area contributed by atoms with Crippen LogP contribution in [0.3, 0.4) is 0 Å². The minimum Gasteiger partial charge on any atom is -0.496 e. The molecule has 8 nitrogen and oxygen atoms in total. The lowest BCUT2D eigenvalue weighted by molar-refractivity contribution is -0.138. The summed E-state index contributed by atoms with van der Waals surface area (Å²) in [6.07, 6.45) is 4.29. The fourth-order valence-electron chi connectivity index (χ4n) is 6.01. The van der Waals surface area contributed by atoms with E-state index in [9.17, 15) is 9.59 Å². The van der Waals surface area contributed by atoms with Crippen molar-refractivity contribution < 1.29 is 19.0 Å². The Morgan fingerprint density at radius 2 is 1.91 bits per heavy atom. The van der Waals surface area contributed by atoms with Crippen LogP contribution in [0.5, 0.6) is 5.75 Å². The molecule has 2 atom stereocenters. The fourth-order valence-corrected chi connectivity index (χ4v) is 7.01. The Morgan fingerprint density at radius 3 is 2.63 bits per heavy atom. The number of esters is 1. The summed E-state index contributed by atoms with van der Waals surface area (Å²) in [5.74, 6) is 0.0452. The molecular formula is C34H35N3O5S. The summed E-state index contributed by atoms with van der Waals surface area (Å²) in [6, 6.07) is 18.3. The van der Waals surface area contributed by atoms with Crippen LogP contribution in [0.1, 0.15) is 53.9 Å². The van der Waals surface area contributed by atoms with Crippen LogP contribution in [0, 0.1) is 13.8 Å². The number of thiazole rings is 1. The first-order chi connectivity index (χ1) is 20.9. The molecule has 0 spiro atoms. The standard InChI is InChI=1S/C34H35N3O5S/c1-5-41-33(39)29-30(23-12-7-6-8-13-23)35-34-37(31(29)26-15-9-10-16-27(26)40-4)32(38)28(43-34)19-24-18-21(2)36(22(24)3)20-25-14-11-17-42-25/h6-10,12-13,15-16,18-19,25,31H,5,11,14,17,20H2,1-4H3/b28-19-/t25-,31+/m0/s1. The Kier molecular flexibility index (Phi) is 8.19. The van der Waals surface area contributed by atoms with Crippen molar-refractivity contribution >= 4 is 29.1 Å². The van der Waals surface area contributed by atoms with E-state index in [-0.39, 0.29) is 18.3 Å². The van der Waals surface area contributed by atoms with Crippen LogP contribution in [0.4, 0.5) is 0 Å². The summed E-state index contributed by atoms with van der Waals surface area (Å²) in [5.41, 5.74) is 5.18. The third kappa shape index (κ3) is 5.39. The summed E-state index contributed by atoms with van der Waals surface area (Å²) in [5, 5.41) is 0. The molecule has 1 saturated heterocycles. The molecule has 43 heavy (non-hydrogen) atoms. The zero-order chi connectivity index (χ0) is 30.1. The van der Waals surface area contributed by atoms with Gasteiger partial charge in [-0.25, -0.2) is 9.79 Å². The molecule has 0 radical (unpaired) electrons. The van der Waals surface area contributed by atoms with E-state index in [1.165, 1.54) is 11.3 Å². The monoisotopic (exact) mass is 597 g/mol. The van der Waals surface area contributed by atoms with E-state index in [2.05, 4.69) is 24.5 Å². The van der Waals surface area contributed by atoms with E-state index >= 15 is 0 Å². The molecule has 4 aromatic rings. The minimum absolute atomic E-state index is 0.189. The first-order valence-corrected chi connectivity index (χ1v) is 15.4. The zero-order valence-corrected chi connectivity index (χ0v) is 25.6. The molecule has 6 rings (SSSR count). The van der Waals surface area contributed by atoms with Gasteiger partial charge in [0, 0.05) is 35.7 Å². The van der Waals surface area contributed by atoms with Gasteiger partial charge in [0.1, 0.15) is 11.8 Å². The maximum absolute atomic E-state index is 14.3. The number of hydrogen-bond donors (Lipinski definition) is 0. The second kappa shape index (κ2) is 12.2. The molecule has 2 aromatic heterocycles. The van der Waals surface area contributed by atoms with Crippen molar-refractivity contribution in [3.05, 3.63) is 114 Å². The van der Waals surface area contributed by atoms with E-state index in [4.69, 9.17) is 19.2 Å². The molecule has 0 unspecified atom stereocenters. The van der Waals surface area contributed by atoms with Crippen molar-refractivity contribution in [1.29, 1.82) is 0 Å². The van der Waals surface area contributed by atoms with Crippen molar-refractivity contribution in [3.8, 4) is 5.75 Å². The maximum atomic E-state index is 14.3. The second-order valence-electron chi connectivity index (χ2n) is 10.7. The predicted octanol–water partition coefficient (Wildman–Crippen LogP) is 4.54. The largest absolute Gasteiger partial charge is 0.496 e. The lowest BCUT2D eigenvalue weighted by Gasteiger charge is -2.27. The average Bonchev–Trinajstić information content (AvgIpc) is 3.72. The molecule has 0 aliphatic carbocycles. The van der Waals surface area contributed by atoms with Gasteiger partial charge < -0.3 is 18.8 Å². The number of carbonyl (C=O) groups is 1. The van der Waals surface area contributed by atoms with Crippen molar-refractivity contribution in [2.75, 3.05) is 20.3 Å². The first kappa shape index (κ1) is 28.9. The number of aryl methyl sites for hydroxylation is 1. The Bertz CT molecular complexity index is 1880. The third-order valence-electron chi connectivity index (χ3n) is 8.12. The number of aromatic nitrogens is 2. The molecule has 2 aliphatic heterocycles. The number of methoxy groups -OCH3 is 1. The van der Waals surface area contributed by atoms with E-state index in [0.717, 1.165) is 48.5 Å². The van der Waals surface area contributed by atoms with Crippen LogP contribution in [-0.4, -0.2) is 41.5 Å². The van der Waals surface area contributed by atoms with Gasteiger partial charge in [-0.15, -0.1) is 0 Å². The Labute approximate surface area is 254 Å². The van der Waals surface area contributed by atoms with Gasteiger partial charge >= 0.3 is 5.97 Å². The van der Waals surface area contributed by atoms with Gasteiger partial charge in [-0.2, -0.15) is 0 Å². The molecule has 2 aliphatic rings. The molecule has 222 valence electrons. The highest BCUT2D eigenvalue weighted by molar-refractivity contribution is 7.07. The third-order valence-corrected chi connectivity index (χ3v) is 9.10. The minimum atomic E-state index is -0.796. The molecule has 4 heterocycles. The van der Waals surface area contributed by atoms with Crippen LogP contribution in [-0.2, 0) is 20.8 Å². The number of ether oxygens (including phenoxy) is 3. The Balaban J connectivity index is 1.58. The van der Waals surface area contributed by atoms with Crippen LogP contribution < -0.4 is 19.6 Å². The summed E-state index contributed by atoms with van der Waals surface area (Å²) in [7, 11) is 1.58. The zero-order valence-electron chi connectivity index (χ0n) is 24.8. The fraction of sp³-hybridized carbons (Fsp3) is 0.324. The molecule has 0 N–H and O–H groups in total. The number of fused-ring (bicyclic) bond motifs is 1. The molecule has 2 aromatic carbocycles. The van der Waals surface area contributed by atoms with Crippen molar-refractivity contribution in [2.45, 2.75) is 52.3 Å².